The average molecular weight is 566 g/mol. The molecule has 0 bridgehead atoms. The van der Waals surface area contributed by atoms with E-state index in [0.29, 0.717) is 12.8 Å². The van der Waals surface area contributed by atoms with Crippen LogP contribution >= 0.6 is 0 Å². The quantitative estimate of drug-likeness (QED) is 0.0493. The van der Waals surface area contributed by atoms with E-state index in [-0.39, 0.29) is 18.7 Å². The van der Waals surface area contributed by atoms with Crippen LogP contribution in [0, 0.1) is 0 Å². The number of hydrazine groups is 2. The van der Waals surface area contributed by atoms with Gasteiger partial charge in [-0.15, -0.1) is 0 Å². The number of nitrogens with one attached hydrogen (secondary N) is 4. The van der Waals surface area contributed by atoms with Gasteiger partial charge in [-0.3, -0.25) is 35.5 Å². The van der Waals surface area contributed by atoms with E-state index >= 15 is 0 Å². The minimum absolute atomic E-state index is 0.0131. The second-order valence-corrected chi connectivity index (χ2v) is 9.30. The summed E-state index contributed by atoms with van der Waals surface area (Å²) >= 11 is 0. The fourth-order valence-electron chi connectivity index (χ4n) is 4.37. The molecule has 0 spiro atoms. The number of carbonyl (C=O) groups is 4. The van der Waals surface area contributed by atoms with Crippen molar-refractivity contribution in [2.45, 2.75) is 101 Å². The van der Waals surface area contributed by atoms with Crippen molar-refractivity contribution < 1.29 is 58.6 Å². The van der Waals surface area contributed by atoms with Gasteiger partial charge in [-0.1, -0.05) is 0 Å². The molecule has 2 saturated heterocycles. The van der Waals surface area contributed by atoms with Crippen LogP contribution < -0.4 is 27.4 Å². The summed E-state index contributed by atoms with van der Waals surface area (Å²) in [5.41, 5.74) is 6.32. The summed E-state index contributed by atoms with van der Waals surface area (Å²) in [7, 11) is 1.17. The molecule has 0 aromatic carbocycles. The van der Waals surface area contributed by atoms with E-state index in [2.05, 4.69) is 16.2 Å². The molecule has 0 aromatic heterocycles. The molecule has 10 N–H and O–H groups in total. The minimum atomic E-state index is -1.75. The maximum absolute atomic E-state index is 12.8. The van der Waals surface area contributed by atoms with Crippen LogP contribution in [0.4, 0.5) is 0 Å². The van der Waals surface area contributed by atoms with E-state index < -0.39 is 85.5 Å². The standard InChI is InChI=1S/C22H39N5O12/c1-9-14(24-10(2)29)18(15(32)11(8-28)37-9)38-22-17(34)16(33)19(36-3)20(39-22)21(35)27-26-13(31)7-5-4-6-12(30)25-23/h9,11,14-20,22,28,32-34H,4-8,23H2,1-3H3,(H,24,29)(H,25,30)(H,26,31)(H,27,35)/t9-,11?,14?,15?,16+,17?,18+,19-,20?,22+/m0/s1. The number of ether oxygens (including phenoxy) is 4. The Morgan fingerprint density at radius 2 is 1.56 bits per heavy atom. The molecule has 0 radical (unpaired) electrons. The zero-order valence-corrected chi connectivity index (χ0v) is 21.9. The summed E-state index contributed by atoms with van der Waals surface area (Å²) in [6, 6.07) is -0.948. The number of methoxy groups -OCH3 is 1. The third kappa shape index (κ3) is 8.75. The van der Waals surface area contributed by atoms with Crippen LogP contribution in [0.15, 0.2) is 0 Å². The highest BCUT2D eigenvalue weighted by Crippen LogP contribution is 2.30. The van der Waals surface area contributed by atoms with Gasteiger partial charge in [0.1, 0.15) is 36.6 Å². The smallest absolute Gasteiger partial charge is 0.270 e. The summed E-state index contributed by atoms with van der Waals surface area (Å²) in [4.78, 5) is 47.8. The molecule has 10 atom stereocenters. The van der Waals surface area contributed by atoms with Gasteiger partial charge in [0.15, 0.2) is 12.4 Å². The molecule has 224 valence electrons. The molecule has 2 rings (SSSR count). The highest BCUT2D eigenvalue weighted by molar-refractivity contribution is 5.85. The van der Waals surface area contributed by atoms with Crippen LogP contribution in [-0.2, 0) is 38.1 Å². The van der Waals surface area contributed by atoms with Gasteiger partial charge in [-0.2, -0.15) is 0 Å². The van der Waals surface area contributed by atoms with E-state index in [4.69, 9.17) is 24.8 Å². The van der Waals surface area contributed by atoms with Gasteiger partial charge in [0.25, 0.3) is 5.91 Å². The van der Waals surface area contributed by atoms with Crippen molar-refractivity contribution in [3.8, 4) is 0 Å². The Morgan fingerprint density at radius 3 is 2.13 bits per heavy atom. The number of aliphatic hydroxyl groups is 4. The zero-order chi connectivity index (χ0) is 29.3. The highest BCUT2D eigenvalue weighted by atomic mass is 16.7. The van der Waals surface area contributed by atoms with Crippen LogP contribution in [0.2, 0.25) is 0 Å². The molecule has 4 amide bonds. The monoisotopic (exact) mass is 565 g/mol. The number of rotatable bonds is 11. The first kappa shape index (κ1) is 32.7. The SMILES string of the molecule is CO[C@@H]1C(C(=O)NNC(=O)CCCCC(=O)NN)O[C@@H](O[C@H]2C(O)C(CO)O[C@@H](C)C2NC(C)=O)C(O)[C@H]1O. The van der Waals surface area contributed by atoms with Gasteiger partial charge >= 0.3 is 0 Å². The molecule has 2 heterocycles. The molecule has 2 aliphatic heterocycles. The highest BCUT2D eigenvalue weighted by Gasteiger charge is 2.52. The third-order valence-corrected chi connectivity index (χ3v) is 6.43. The lowest BCUT2D eigenvalue weighted by atomic mass is 9.92. The maximum atomic E-state index is 12.8. The topological polar surface area (TPSA) is 260 Å². The zero-order valence-electron chi connectivity index (χ0n) is 21.9. The van der Waals surface area contributed by atoms with Gasteiger partial charge in [-0.05, 0) is 19.8 Å². The number of hydrogen-bond donors (Lipinski definition) is 9. The van der Waals surface area contributed by atoms with Gasteiger partial charge in [0, 0.05) is 26.9 Å². The first-order valence-electron chi connectivity index (χ1n) is 12.4. The predicted octanol–water partition coefficient (Wildman–Crippen LogP) is -4.82. The van der Waals surface area contributed by atoms with E-state index in [0.717, 1.165) is 0 Å². The molecule has 2 aliphatic rings. The summed E-state index contributed by atoms with van der Waals surface area (Å²) in [6.07, 6.45) is -11.9. The van der Waals surface area contributed by atoms with Crippen molar-refractivity contribution >= 4 is 23.6 Å². The molecule has 2 fully saturated rings. The first-order chi connectivity index (χ1) is 18.4. The van der Waals surface area contributed by atoms with Crippen molar-refractivity contribution in [3.63, 3.8) is 0 Å². The Labute approximate surface area is 224 Å². The molecule has 0 aliphatic carbocycles. The molecule has 0 saturated carbocycles. The van der Waals surface area contributed by atoms with Crippen LogP contribution in [0.25, 0.3) is 0 Å². The Bertz CT molecular complexity index is 850. The van der Waals surface area contributed by atoms with Crippen molar-refractivity contribution in [1.29, 1.82) is 0 Å². The maximum Gasteiger partial charge on any atom is 0.270 e. The number of hydrogen-bond acceptors (Lipinski definition) is 13. The molecule has 5 unspecified atom stereocenters. The lowest BCUT2D eigenvalue weighted by Gasteiger charge is -2.47. The fraction of sp³-hybridized carbons (Fsp3) is 0.818. The largest absolute Gasteiger partial charge is 0.394 e. The fourth-order valence-corrected chi connectivity index (χ4v) is 4.37. The number of carbonyl (C=O) groups excluding carboxylic acids is 4. The van der Waals surface area contributed by atoms with Gasteiger partial charge in [0.2, 0.25) is 17.7 Å². The molecular formula is C22H39N5O12. The summed E-state index contributed by atoms with van der Waals surface area (Å²) in [5, 5.41) is 44.2. The van der Waals surface area contributed by atoms with Gasteiger partial charge < -0.3 is 44.7 Å². The van der Waals surface area contributed by atoms with Crippen molar-refractivity contribution in [2.75, 3.05) is 13.7 Å². The van der Waals surface area contributed by atoms with Crippen molar-refractivity contribution in [3.05, 3.63) is 0 Å². The molecular weight excluding hydrogens is 526 g/mol. The summed E-state index contributed by atoms with van der Waals surface area (Å²) in [5.74, 6) is 2.63. The Balaban J connectivity index is 2.08. The molecule has 17 heteroatoms. The van der Waals surface area contributed by atoms with Crippen LogP contribution in [0.1, 0.15) is 39.5 Å². The Kier molecular flexibility index (Phi) is 12.9. The number of amides is 4. The normalized spacial score (nSPS) is 34.6. The third-order valence-electron chi connectivity index (χ3n) is 6.43. The Hall–Kier alpha value is -2.48. The van der Waals surface area contributed by atoms with Gasteiger partial charge in [-0.25, -0.2) is 5.84 Å². The summed E-state index contributed by atoms with van der Waals surface area (Å²) < 4.78 is 22.1. The van der Waals surface area contributed by atoms with Crippen LogP contribution in [-0.4, -0.2) is 119 Å². The minimum Gasteiger partial charge on any atom is -0.394 e. The van der Waals surface area contributed by atoms with E-state index in [1.54, 1.807) is 6.92 Å². The lowest BCUT2D eigenvalue weighted by Crippen LogP contribution is -2.68. The Morgan fingerprint density at radius 1 is 0.923 bits per heavy atom. The summed E-state index contributed by atoms with van der Waals surface area (Å²) in [6.45, 7) is 2.23. The number of aliphatic hydroxyl groups excluding tert-OH is 4. The van der Waals surface area contributed by atoms with Crippen molar-refractivity contribution in [1.82, 2.24) is 21.6 Å². The van der Waals surface area contributed by atoms with E-state index in [9.17, 15) is 39.6 Å². The number of unbranched alkanes of at least 4 members (excludes halogenated alkanes) is 1. The molecule has 17 nitrogen and oxygen atoms in total. The first-order valence-corrected chi connectivity index (χ1v) is 12.4. The van der Waals surface area contributed by atoms with Gasteiger partial charge in [0.05, 0.1) is 18.8 Å². The predicted molar refractivity (Wildman–Crippen MR) is 128 cm³/mol. The van der Waals surface area contributed by atoms with Crippen LogP contribution in [0.3, 0.4) is 0 Å². The van der Waals surface area contributed by atoms with Crippen LogP contribution in [0.5, 0.6) is 0 Å². The second-order valence-electron chi connectivity index (χ2n) is 9.30. The molecule has 39 heavy (non-hydrogen) atoms. The van der Waals surface area contributed by atoms with Crippen molar-refractivity contribution in [2.24, 2.45) is 5.84 Å². The molecule has 0 aromatic rings. The van der Waals surface area contributed by atoms with E-state index in [1.807, 2.05) is 5.43 Å². The lowest BCUT2D eigenvalue weighted by molar-refractivity contribution is -0.325. The van der Waals surface area contributed by atoms with E-state index in [1.165, 1.54) is 14.0 Å². The number of nitrogens with two attached hydrogens (primary N) is 1. The average Bonchev–Trinajstić information content (AvgIpc) is 2.90. The second kappa shape index (κ2) is 15.3.